The standard InChI is InChI=1S/C16H35N2P/c1-8-11-15(9-2)19(17-16(4,5)6)14(3)12-10-13-18(19)7/h14-15H,8-13H2,1-7H3. The number of nitrogens with zero attached hydrogens (tertiary/aromatic N) is 2. The summed E-state index contributed by atoms with van der Waals surface area (Å²) in [6.07, 6.45) is 6.65. The van der Waals surface area contributed by atoms with Gasteiger partial charge in [0.25, 0.3) is 0 Å². The number of hydrogen-bond donors (Lipinski definition) is 0. The van der Waals surface area contributed by atoms with Gasteiger partial charge in [-0.3, -0.25) is 9.42 Å². The van der Waals surface area contributed by atoms with E-state index in [-0.39, 0.29) is 5.54 Å². The average molecular weight is 286 g/mol. The van der Waals surface area contributed by atoms with E-state index in [2.05, 4.69) is 53.3 Å². The van der Waals surface area contributed by atoms with Crippen LogP contribution in [0.2, 0.25) is 0 Å². The van der Waals surface area contributed by atoms with Crippen LogP contribution in [0, 0.1) is 0 Å². The molecule has 0 aliphatic carbocycles. The summed E-state index contributed by atoms with van der Waals surface area (Å²) in [4.78, 5) is 0. The first-order chi connectivity index (χ1) is 8.78. The highest BCUT2D eigenvalue weighted by atomic mass is 31.2. The predicted octanol–water partition coefficient (Wildman–Crippen LogP) is 5.59. The third kappa shape index (κ3) is 3.85. The first-order valence-corrected chi connectivity index (χ1v) is 9.95. The molecular weight excluding hydrogens is 251 g/mol. The van der Waals surface area contributed by atoms with Crippen LogP contribution < -0.4 is 0 Å². The Hall–Kier alpha value is 0.190. The van der Waals surface area contributed by atoms with Crippen molar-refractivity contribution in [2.24, 2.45) is 4.74 Å². The number of hydrogen-bond acceptors (Lipinski definition) is 1. The molecule has 0 saturated carbocycles. The molecule has 0 aromatic heterocycles. The van der Waals surface area contributed by atoms with Crippen LogP contribution in [0.4, 0.5) is 0 Å². The molecule has 1 aliphatic heterocycles. The fourth-order valence-corrected chi connectivity index (χ4v) is 9.30. The van der Waals surface area contributed by atoms with E-state index in [0.717, 1.165) is 11.3 Å². The van der Waals surface area contributed by atoms with Gasteiger partial charge in [0, 0.05) is 25.1 Å². The van der Waals surface area contributed by atoms with Gasteiger partial charge in [0.2, 0.25) is 0 Å². The second kappa shape index (κ2) is 6.76. The zero-order valence-electron chi connectivity index (χ0n) is 14.2. The lowest BCUT2D eigenvalue weighted by Crippen LogP contribution is -2.35. The molecule has 19 heavy (non-hydrogen) atoms. The normalized spacial score (nSPS) is 31.2. The van der Waals surface area contributed by atoms with E-state index in [1.54, 1.807) is 0 Å². The van der Waals surface area contributed by atoms with Crippen LogP contribution in [0.1, 0.15) is 73.6 Å². The van der Waals surface area contributed by atoms with Gasteiger partial charge in [0.1, 0.15) is 0 Å². The van der Waals surface area contributed by atoms with Crippen molar-refractivity contribution in [3.05, 3.63) is 0 Å². The zero-order chi connectivity index (χ0) is 14.7. The minimum absolute atomic E-state index is 0.0921. The molecule has 3 heteroatoms. The van der Waals surface area contributed by atoms with Crippen LogP contribution in [0.5, 0.6) is 0 Å². The molecule has 1 heterocycles. The molecule has 1 aliphatic rings. The fourth-order valence-electron chi connectivity index (χ4n) is 3.67. The summed E-state index contributed by atoms with van der Waals surface area (Å²) in [6.45, 7) is 15.3. The molecule has 0 amide bonds. The van der Waals surface area contributed by atoms with Crippen molar-refractivity contribution < 1.29 is 0 Å². The maximum Gasteiger partial charge on any atom is 0.0524 e. The fraction of sp³-hybridized carbons (Fsp3) is 1.00. The van der Waals surface area contributed by atoms with Crippen molar-refractivity contribution in [3.8, 4) is 0 Å². The summed E-state index contributed by atoms with van der Waals surface area (Å²) in [7, 11) is 0.982. The Labute approximate surface area is 121 Å². The van der Waals surface area contributed by atoms with Gasteiger partial charge in [-0.25, -0.2) is 0 Å². The van der Waals surface area contributed by atoms with Gasteiger partial charge >= 0.3 is 0 Å². The van der Waals surface area contributed by atoms with Gasteiger partial charge in [0.15, 0.2) is 0 Å². The lowest BCUT2D eigenvalue weighted by Gasteiger charge is -2.49. The molecule has 0 aromatic rings. The summed E-state index contributed by atoms with van der Waals surface area (Å²) in [5.74, 6) is 0. The maximum absolute atomic E-state index is 5.49. The molecule has 0 radical (unpaired) electrons. The molecule has 1 fully saturated rings. The summed E-state index contributed by atoms with van der Waals surface area (Å²) in [6, 6.07) is 0. The van der Waals surface area contributed by atoms with E-state index in [1.807, 2.05) is 0 Å². The van der Waals surface area contributed by atoms with Crippen LogP contribution in [0.25, 0.3) is 0 Å². The molecule has 0 bridgehead atoms. The lowest BCUT2D eigenvalue weighted by molar-refractivity contribution is 0.439. The molecule has 1 saturated heterocycles. The Balaban J connectivity index is 3.33. The second-order valence-electron chi connectivity index (χ2n) is 7.19. The molecular formula is C16H35N2P. The summed E-state index contributed by atoms with van der Waals surface area (Å²) >= 11 is 0. The van der Waals surface area contributed by atoms with Crippen molar-refractivity contribution in [3.63, 3.8) is 0 Å². The van der Waals surface area contributed by atoms with E-state index >= 15 is 0 Å². The van der Waals surface area contributed by atoms with Crippen molar-refractivity contribution >= 4 is 7.21 Å². The highest BCUT2D eigenvalue weighted by molar-refractivity contribution is 7.65. The molecule has 0 N–H and O–H groups in total. The summed E-state index contributed by atoms with van der Waals surface area (Å²) < 4.78 is 8.17. The van der Waals surface area contributed by atoms with Crippen molar-refractivity contribution in [2.45, 2.75) is 90.5 Å². The molecule has 114 valence electrons. The van der Waals surface area contributed by atoms with Gasteiger partial charge < -0.3 is 0 Å². The van der Waals surface area contributed by atoms with Crippen molar-refractivity contribution in [1.82, 2.24) is 4.67 Å². The molecule has 0 spiro atoms. The van der Waals surface area contributed by atoms with E-state index in [9.17, 15) is 0 Å². The highest BCUT2D eigenvalue weighted by Gasteiger charge is 2.40. The Bertz CT molecular complexity index is 316. The van der Waals surface area contributed by atoms with Gasteiger partial charge in [-0.1, -0.05) is 27.2 Å². The van der Waals surface area contributed by atoms with Crippen LogP contribution >= 0.6 is 7.21 Å². The third-order valence-corrected chi connectivity index (χ3v) is 9.86. The van der Waals surface area contributed by atoms with Crippen LogP contribution in [-0.2, 0) is 0 Å². The topological polar surface area (TPSA) is 15.6 Å². The third-order valence-electron chi connectivity index (χ3n) is 4.39. The average Bonchev–Trinajstić information content (AvgIpc) is 2.30. The Kier molecular flexibility index (Phi) is 6.14. The smallest absolute Gasteiger partial charge is 0.0524 e. The SMILES string of the molecule is CCCC(CC)P1(=NC(C)(C)C)C(C)CCCN1C. The predicted molar refractivity (Wildman–Crippen MR) is 89.4 cm³/mol. The second-order valence-corrected chi connectivity index (χ2v) is 11.1. The summed E-state index contributed by atoms with van der Waals surface area (Å²) in [5, 5.41) is 0. The van der Waals surface area contributed by atoms with Crippen molar-refractivity contribution in [2.75, 3.05) is 13.6 Å². The Morgan fingerprint density at radius 2 is 1.95 bits per heavy atom. The van der Waals surface area contributed by atoms with Crippen molar-refractivity contribution in [1.29, 1.82) is 0 Å². The maximum atomic E-state index is 5.49. The quantitative estimate of drug-likeness (QED) is 0.615. The monoisotopic (exact) mass is 286 g/mol. The van der Waals surface area contributed by atoms with Gasteiger partial charge in [-0.05, 0) is 53.5 Å². The molecule has 0 aromatic carbocycles. The largest absolute Gasteiger partial charge is 0.282 e. The van der Waals surface area contributed by atoms with E-state index in [0.29, 0.717) is 0 Å². The van der Waals surface area contributed by atoms with Crippen LogP contribution in [-0.4, -0.2) is 35.1 Å². The summed E-state index contributed by atoms with van der Waals surface area (Å²) in [5.41, 5.74) is 1.67. The molecule has 2 nitrogen and oxygen atoms in total. The van der Waals surface area contributed by atoms with Crippen LogP contribution in [0.3, 0.4) is 0 Å². The van der Waals surface area contributed by atoms with Gasteiger partial charge in [0.05, 0.1) is 5.54 Å². The first kappa shape index (κ1) is 17.2. The molecule has 3 unspecified atom stereocenters. The number of rotatable bonds is 4. The molecule has 1 rings (SSSR count). The van der Waals surface area contributed by atoms with E-state index < -0.39 is 7.21 Å². The van der Waals surface area contributed by atoms with E-state index in [4.69, 9.17) is 4.74 Å². The van der Waals surface area contributed by atoms with Gasteiger partial charge in [-0.2, -0.15) is 0 Å². The zero-order valence-corrected chi connectivity index (χ0v) is 15.1. The van der Waals surface area contributed by atoms with E-state index in [1.165, 1.54) is 38.6 Å². The minimum atomic E-state index is -1.36. The van der Waals surface area contributed by atoms with Gasteiger partial charge in [-0.15, -0.1) is 0 Å². The Morgan fingerprint density at radius 3 is 2.37 bits per heavy atom. The lowest BCUT2D eigenvalue weighted by atomic mass is 10.1. The molecule has 3 atom stereocenters. The first-order valence-electron chi connectivity index (χ1n) is 8.12. The van der Waals surface area contributed by atoms with Crippen LogP contribution in [0.15, 0.2) is 4.74 Å². The minimum Gasteiger partial charge on any atom is -0.282 e. The Morgan fingerprint density at radius 1 is 1.32 bits per heavy atom. The highest BCUT2D eigenvalue weighted by Crippen LogP contribution is 2.66.